The highest BCUT2D eigenvalue weighted by Crippen LogP contribution is 2.30. The molecule has 1 aromatic rings. The van der Waals surface area contributed by atoms with Crippen molar-refractivity contribution in [2.75, 3.05) is 27.3 Å². The fraction of sp³-hybridized carbons (Fsp3) is 0.647. The van der Waals surface area contributed by atoms with Gasteiger partial charge in [-0.3, -0.25) is 4.90 Å². The summed E-state index contributed by atoms with van der Waals surface area (Å²) in [5, 5.41) is 0. The normalized spacial score (nSPS) is 21.0. The number of rotatable bonds is 6. The highest BCUT2D eigenvalue weighted by Gasteiger charge is 2.24. The summed E-state index contributed by atoms with van der Waals surface area (Å²) >= 11 is 0. The van der Waals surface area contributed by atoms with Crippen LogP contribution in [0.4, 0.5) is 0 Å². The van der Waals surface area contributed by atoms with Crippen molar-refractivity contribution in [2.45, 2.75) is 44.7 Å². The first-order valence-corrected chi connectivity index (χ1v) is 7.91. The van der Waals surface area contributed by atoms with Gasteiger partial charge in [-0.05, 0) is 31.9 Å². The van der Waals surface area contributed by atoms with Crippen LogP contribution in [0.5, 0.6) is 11.5 Å². The van der Waals surface area contributed by atoms with Gasteiger partial charge in [0, 0.05) is 30.3 Å². The zero-order valence-corrected chi connectivity index (χ0v) is 13.5. The fourth-order valence-corrected chi connectivity index (χ4v) is 3.24. The Balaban J connectivity index is 2.10. The Hall–Kier alpha value is -1.26. The molecular weight excluding hydrogens is 264 g/mol. The van der Waals surface area contributed by atoms with Crippen molar-refractivity contribution in [3.63, 3.8) is 0 Å². The Labute approximate surface area is 128 Å². The van der Waals surface area contributed by atoms with Crippen molar-refractivity contribution in [1.29, 1.82) is 0 Å². The minimum absolute atomic E-state index is 0.0296. The first kappa shape index (κ1) is 16.1. The molecule has 1 heterocycles. The third-order valence-electron chi connectivity index (χ3n) is 4.49. The van der Waals surface area contributed by atoms with Crippen LogP contribution in [0.1, 0.15) is 44.2 Å². The van der Waals surface area contributed by atoms with Gasteiger partial charge < -0.3 is 15.2 Å². The molecule has 118 valence electrons. The van der Waals surface area contributed by atoms with Gasteiger partial charge >= 0.3 is 0 Å². The summed E-state index contributed by atoms with van der Waals surface area (Å²) < 4.78 is 10.7. The second-order valence-corrected chi connectivity index (χ2v) is 5.77. The van der Waals surface area contributed by atoms with Crippen LogP contribution in [-0.4, -0.2) is 38.3 Å². The van der Waals surface area contributed by atoms with E-state index in [1.807, 2.05) is 18.2 Å². The quantitative estimate of drug-likeness (QED) is 0.875. The van der Waals surface area contributed by atoms with Gasteiger partial charge in [-0.15, -0.1) is 0 Å². The van der Waals surface area contributed by atoms with Gasteiger partial charge in [0.25, 0.3) is 0 Å². The van der Waals surface area contributed by atoms with Crippen molar-refractivity contribution in [1.82, 2.24) is 4.90 Å². The number of nitrogens with two attached hydrogens (primary N) is 1. The first-order valence-electron chi connectivity index (χ1n) is 7.91. The summed E-state index contributed by atoms with van der Waals surface area (Å²) in [5.74, 6) is 1.61. The smallest absolute Gasteiger partial charge is 0.127 e. The Bertz CT molecular complexity index is 450. The minimum Gasteiger partial charge on any atom is -0.497 e. The molecule has 0 spiro atoms. The largest absolute Gasteiger partial charge is 0.497 e. The summed E-state index contributed by atoms with van der Waals surface area (Å²) in [5.41, 5.74) is 7.50. The zero-order valence-electron chi connectivity index (χ0n) is 13.5. The molecule has 1 aliphatic rings. The Morgan fingerprint density at radius 1 is 1.29 bits per heavy atom. The van der Waals surface area contributed by atoms with Crippen molar-refractivity contribution < 1.29 is 9.47 Å². The maximum atomic E-state index is 6.45. The molecule has 2 atom stereocenters. The molecule has 21 heavy (non-hydrogen) atoms. The molecule has 0 radical (unpaired) electrons. The summed E-state index contributed by atoms with van der Waals surface area (Å²) in [6.07, 6.45) is 5.12. The molecule has 4 nitrogen and oxygen atoms in total. The van der Waals surface area contributed by atoms with Gasteiger partial charge in [0.1, 0.15) is 11.5 Å². The van der Waals surface area contributed by atoms with E-state index in [0.717, 1.165) is 30.2 Å². The predicted octanol–water partition coefficient (Wildman–Crippen LogP) is 2.97. The molecule has 0 saturated carbocycles. The molecule has 0 bridgehead atoms. The monoisotopic (exact) mass is 292 g/mol. The van der Waals surface area contributed by atoms with E-state index in [9.17, 15) is 0 Å². The van der Waals surface area contributed by atoms with Crippen LogP contribution in [0.3, 0.4) is 0 Å². The van der Waals surface area contributed by atoms with Crippen LogP contribution < -0.4 is 15.2 Å². The average Bonchev–Trinajstić information content (AvgIpc) is 2.54. The third kappa shape index (κ3) is 3.89. The third-order valence-corrected chi connectivity index (χ3v) is 4.49. The number of hydrogen-bond donors (Lipinski definition) is 1. The Morgan fingerprint density at radius 2 is 2.10 bits per heavy atom. The molecule has 1 aromatic carbocycles. The highest BCUT2D eigenvalue weighted by molar-refractivity contribution is 5.42. The number of likely N-dealkylation sites (tertiary alicyclic amines) is 1. The zero-order chi connectivity index (χ0) is 15.2. The second-order valence-electron chi connectivity index (χ2n) is 5.77. The first-order chi connectivity index (χ1) is 10.2. The van der Waals surface area contributed by atoms with Crippen molar-refractivity contribution in [3.05, 3.63) is 23.8 Å². The van der Waals surface area contributed by atoms with E-state index >= 15 is 0 Å². The lowest BCUT2D eigenvalue weighted by Gasteiger charge is -2.37. The van der Waals surface area contributed by atoms with E-state index in [1.54, 1.807) is 14.2 Å². The average molecular weight is 292 g/mol. The summed E-state index contributed by atoms with van der Waals surface area (Å²) in [6.45, 7) is 4.31. The van der Waals surface area contributed by atoms with Crippen LogP contribution in [0.15, 0.2) is 18.2 Å². The molecule has 1 aliphatic heterocycles. The maximum Gasteiger partial charge on any atom is 0.127 e. The SMILES string of the molecule is CCC1CCCCN1CC(N)c1ccc(OC)cc1OC. The van der Waals surface area contributed by atoms with Gasteiger partial charge in [0.05, 0.1) is 14.2 Å². The van der Waals surface area contributed by atoms with Gasteiger partial charge in [-0.2, -0.15) is 0 Å². The number of methoxy groups -OCH3 is 2. The van der Waals surface area contributed by atoms with E-state index in [-0.39, 0.29) is 6.04 Å². The molecule has 0 aliphatic carbocycles. The number of ether oxygens (including phenoxy) is 2. The summed E-state index contributed by atoms with van der Waals surface area (Å²) in [7, 11) is 3.34. The lowest BCUT2D eigenvalue weighted by Crippen LogP contribution is -2.43. The summed E-state index contributed by atoms with van der Waals surface area (Å²) in [6, 6.07) is 6.52. The van der Waals surface area contributed by atoms with Gasteiger partial charge in [-0.25, -0.2) is 0 Å². The van der Waals surface area contributed by atoms with E-state index in [1.165, 1.54) is 25.7 Å². The van der Waals surface area contributed by atoms with Gasteiger partial charge in [0.2, 0.25) is 0 Å². The van der Waals surface area contributed by atoms with E-state index < -0.39 is 0 Å². The topological polar surface area (TPSA) is 47.7 Å². The lowest BCUT2D eigenvalue weighted by atomic mass is 9.97. The second kappa shape index (κ2) is 7.66. The van der Waals surface area contributed by atoms with E-state index in [2.05, 4.69) is 11.8 Å². The Morgan fingerprint density at radius 3 is 2.76 bits per heavy atom. The van der Waals surface area contributed by atoms with E-state index in [0.29, 0.717) is 6.04 Å². The molecule has 1 fully saturated rings. The Kier molecular flexibility index (Phi) is 5.88. The fourth-order valence-electron chi connectivity index (χ4n) is 3.24. The molecule has 2 unspecified atom stereocenters. The van der Waals surface area contributed by atoms with Crippen LogP contribution >= 0.6 is 0 Å². The van der Waals surface area contributed by atoms with Gasteiger partial charge in [-0.1, -0.05) is 19.4 Å². The van der Waals surface area contributed by atoms with E-state index in [4.69, 9.17) is 15.2 Å². The van der Waals surface area contributed by atoms with Crippen LogP contribution in [0, 0.1) is 0 Å². The molecule has 4 heteroatoms. The molecule has 0 aromatic heterocycles. The standard InChI is InChI=1S/C17H28N2O2/c1-4-13-7-5-6-10-19(13)12-16(18)15-9-8-14(20-2)11-17(15)21-3/h8-9,11,13,16H,4-7,10,12,18H2,1-3H3. The number of nitrogens with zero attached hydrogens (tertiary/aromatic N) is 1. The number of benzene rings is 1. The van der Waals surface area contributed by atoms with Gasteiger partial charge in [0.15, 0.2) is 0 Å². The van der Waals surface area contributed by atoms with Crippen molar-refractivity contribution in [3.8, 4) is 11.5 Å². The highest BCUT2D eigenvalue weighted by atomic mass is 16.5. The summed E-state index contributed by atoms with van der Waals surface area (Å²) in [4.78, 5) is 2.54. The minimum atomic E-state index is -0.0296. The predicted molar refractivity (Wildman–Crippen MR) is 86.0 cm³/mol. The van der Waals surface area contributed by atoms with Crippen LogP contribution in [0.25, 0.3) is 0 Å². The maximum absolute atomic E-state index is 6.45. The lowest BCUT2D eigenvalue weighted by molar-refractivity contribution is 0.135. The van der Waals surface area contributed by atoms with Crippen molar-refractivity contribution >= 4 is 0 Å². The molecule has 0 amide bonds. The number of piperidine rings is 1. The molecular formula is C17H28N2O2. The molecule has 2 rings (SSSR count). The number of hydrogen-bond acceptors (Lipinski definition) is 4. The molecule has 1 saturated heterocycles. The van der Waals surface area contributed by atoms with Crippen LogP contribution in [-0.2, 0) is 0 Å². The van der Waals surface area contributed by atoms with Crippen molar-refractivity contribution in [2.24, 2.45) is 5.73 Å². The van der Waals surface area contributed by atoms with Crippen LogP contribution in [0.2, 0.25) is 0 Å². The molecule has 2 N–H and O–H groups in total.